The highest BCUT2D eigenvalue weighted by molar-refractivity contribution is 7.98. The van der Waals surface area contributed by atoms with Gasteiger partial charge in [-0.2, -0.15) is 4.98 Å². The van der Waals surface area contributed by atoms with Gasteiger partial charge in [-0.25, -0.2) is 9.37 Å². The van der Waals surface area contributed by atoms with Crippen LogP contribution in [0.25, 0.3) is 22.4 Å². The SMILES string of the molecule is COc1ccc2nc(SCc3nc(-c4ccc(F)cc4)no3)[nH]c2c1. The van der Waals surface area contributed by atoms with Gasteiger partial charge < -0.3 is 14.2 Å². The van der Waals surface area contributed by atoms with Crippen LogP contribution in [0, 0.1) is 5.82 Å². The lowest BCUT2D eigenvalue weighted by atomic mass is 10.2. The van der Waals surface area contributed by atoms with Gasteiger partial charge in [0.15, 0.2) is 5.16 Å². The summed E-state index contributed by atoms with van der Waals surface area (Å²) in [6.07, 6.45) is 0. The summed E-state index contributed by atoms with van der Waals surface area (Å²) < 4.78 is 23.4. The smallest absolute Gasteiger partial charge is 0.237 e. The molecule has 1 N–H and O–H groups in total. The van der Waals surface area contributed by atoms with E-state index in [1.54, 1.807) is 19.2 Å². The molecular weight excluding hydrogens is 343 g/mol. The topological polar surface area (TPSA) is 76.8 Å². The number of rotatable bonds is 5. The van der Waals surface area contributed by atoms with Crippen LogP contribution in [0.15, 0.2) is 52.1 Å². The zero-order valence-electron chi connectivity index (χ0n) is 13.2. The van der Waals surface area contributed by atoms with E-state index in [9.17, 15) is 4.39 Å². The maximum atomic E-state index is 13.0. The maximum absolute atomic E-state index is 13.0. The van der Waals surface area contributed by atoms with E-state index in [-0.39, 0.29) is 5.82 Å². The van der Waals surface area contributed by atoms with E-state index < -0.39 is 0 Å². The molecule has 2 aromatic carbocycles. The van der Waals surface area contributed by atoms with Gasteiger partial charge in [0.1, 0.15) is 11.6 Å². The Morgan fingerprint density at radius 3 is 2.80 bits per heavy atom. The van der Waals surface area contributed by atoms with E-state index in [0.29, 0.717) is 23.0 Å². The van der Waals surface area contributed by atoms with Crippen LogP contribution in [-0.4, -0.2) is 27.2 Å². The number of nitrogens with zero attached hydrogens (tertiary/aromatic N) is 3. The van der Waals surface area contributed by atoms with Crippen LogP contribution >= 0.6 is 11.8 Å². The van der Waals surface area contributed by atoms with Crippen LogP contribution in [0.2, 0.25) is 0 Å². The van der Waals surface area contributed by atoms with E-state index in [1.165, 1.54) is 23.9 Å². The molecule has 25 heavy (non-hydrogen) atoms. The molecule has 0 atom stereocenters. The van der Waals surface area contributed by atoms with Crippen LogP contribution in [0.5, 0.6) is 5.75 Å². The highest BCUT2D eigenvalue weighted by atomic mass is 32.2. The first-order chi connectivity index (χ1) is 12.2. The minimum absolute atomic E-state index is 0.301. The summed E-state index contributed by atoms with van der Waals surface area (Å²) >= 11 is 1.46. The van der Waals surface area contributed by atoms with Crippen molar-refractivity contribution in [2.75, 3.05) is 7.11 Å². The molecule has 0 aliphatic rings. The van der Waals surface area contributed by atoms with E-state index in [2.05, 4.69) is 20.1 Å². The van der Waals surface area contributed by atoms with Gasteiger partial charge in [-0.05, 0) is 36.4 Å². The Hall–Kier alpha value is -2.87. The Morgan fingerprint density at radius 2 is 2.00 bits per heavy atom. The first-order valence-electron chi connectivity index (χ1n) is 7.46. The van der Waals surface area contributed by atoms with Gasteiger partial charge in [0.05, 0.1) is 23.9 Å². The van der Waals surface area contributed by atoms with Crippen molar-refractivity contribution >= 4 is 22.8 Å². The number of hydrogen-bond donors (Lipinski definition) is 1. The van der Waals surface area contributed by atoms with Gasteiger partial charge in [-0.15, -0.1) is 0 Å². The van der Waals surface area contributed by atoms with Crippen LogP contribution in [0.1, 0.15) is 5.89 Å². The van der Waals surface area contributed by atoms with E-state index >= 15 is 0 Å². The molecule has 0 aliphatic heterocycles. The number of imidazole rings is 1. The molecule has 0 saturated heterocycles. The number of benzene rings is 2. The number of fused-ring (bicyclic) bond motifs is 1. The van der Waals surface area contributed by atoms with Crippen molar-refractivity contribution in [3.05, 3.63) is 54.2 Å². The average Bonchev–Trinajstić information content (AvgIpc) is 3.26. The Kier molecular flexibility index (Phi) is 4.10. The number of ether oxygens (including phenoxy) is 1. The normalized spacial score (nSPS) is 11.1. The van der Waals surface area contributed by atoms with Gasteiger partial charge in [-0.1, -0.05) is 16.9 Å². The van der Waals surface area contributed by atoms with E-state index in [0.717, 1.165) is 21.9 Å². The lowest BCUT2D eigenvalue weighted by Crippen LogP contribution is -1.84. The molecule has 0 aliphatic carbocycles. The Morgan fingerprint density at radius 1 is 1.16 bits per heavy atom. The fourth-order valence-electron chi connectivity index (χ4n) is 2.32. The van der Waals surface area contributed by atoms with E-state index in [4.69, 9.17) is 9.26 Å². The van der Waals surface area contributed by atoms with Gasteiger partial charge in [0.2, 0.25) is 11.7 Å². The summed E-state index contributed by atoms with van der Waals surface area (Å²) in [5.74, 6) is 1.86. The third kappa shape index (κ3) is 3.34. The molecule has 0 bridgehead atoms. The number of thioether (sulfide) groups is 1. The van der Waals surface area contributed by atoms with Crippen LogP contribution in [0.3, 0.4) is 0 Å². The molecule has 0 radical (unpaired) electrons. The fraction of sp³-hybridized carbons (Fsp3) is 0.118. The number of nitrogens with one attached hydrogen (secondary N) is 1. The zero-order chi connectivity index (χ0) is 17.2. The third-order valence-electron chi connectivity index (χ3n) is 3.57. The molecule has 2 heterocycles. The molecular formula is C17H13FN4O2S. The number of aromatic nitrogens is 4. The lowest BCUT2D eigenvalue weighted by molar-refractivity contribution is 0.391. The number of methoxy groups -OCH3 is 1. The van der Waals surface area contributed by atoms with Crippen molar-refractivity contribution in [1.29, 1.82) is 0 Å². The average molecular weight is 356 g/mol. The second kappa shape index (κ2) is 6.56. The van der Waals surface area contributed by atoms with Crippen molar-refractivity contribution in [2.24, 2.45) is 0 Å². The van der Waals surface area contributed by atoms with Gasteiger partial charge in [0, 0.05) is 11.6 Å². The number of H-pyrrole nitrogens is 1. The zero-order valence-corrected chi connectivity index (χ0v) is 14.0. The minimum Gasteiger partial charge on any atom is -0.497 e. The summed E-state index contributed by atoms with van der Waals surface area (Å²) in [6.45, 7) is 0. The summed E-state index contributed by atoms with van der Waals surface area (Å²) in [6, 6.07) is 11.6. The number of aromatic amines is 1. The van der Waals surface area contributed by atoms with Crippen molar-refractivity contribution in [3.63, 3.8) is 0 Å². The Bertz CT molecular complexity index is 1010. The first kappa shape index (κ1) is 15.6. The Balaban J connectivity index is 1.47. The van der Waals surface area contributed by atoms with Crippen molar-refractivity contribution < 1.29 is 13.7 Å². The molecule has 8 heteroatoms. The highest BCUT2D eigenvalue weighted by Crippen LogP contribution is 2.25. The summed E-state index contributed by atoms with van der Waals surface area (Å²) in [5.41, 5.74) is 2.47. The fourth-order valence-corrected chi connectivity index (χ4v) is 3.04. The standard InChI is InChI=1S/C17H13FN4O2S/c1-23-12-6-7-13-14(8-12)20-17(19-13)25-9-15-21-16(22-24-15)10-2-4-11(18)5-3-10/h2-8H,9H2,1H3,(H,19,20). The summed E-state index contributed by atoms with van der Waals surface area (Å²) in [4.78, 5) is 12.0. The van der Waals surface area contributed by atoms with Gasteiger partial charge in [0.25, 0.3) is 0 Å². The van der Waals surface area contributed by atoms with Crippen molar-refractivity contribution in [3.8, 4) is 17.1 Å². The molecule has 0 unspecified atom stereocenters. The van der Waals surface area contributed by atoms with Gasteiger partial charge in [-0.3, -0.25) is 0 Å². The molecule has 0 amide bonds. The summed E-state index contributed by atoms with van der Waals surface area (Å²) in [5, 5.41) is 4.68. The van der Waals surface area contributed by atoms with Crippen molar-refractivity contribution in [1.82, 2.24) is 20.1 Å². The molecule has 126 valence electrons. The van der Waals surface area contributed by atoms with Crippen molar-refractivity contribution in [2.45, 2.75) is 10.9 Å². The molecule has 6 nitrogen and oxygen atoms in total. The summed E-state index contributed by atoms with van der Waals surface area (Å²) in [7, 11) is 1.63. The van der Waals surface area contributed by atoms with Crippen LogP contribution < -0.4 is 4.74 Å². The first-order valence-corrected chi connectivity index (χ1v) is 8.45. The van der Waals surface area contributed by atoms with Gasteiger partial charge >= 0.3 is 0 Å². The predicted molar refractivity (Wildman–Crippen MR) is 91.9 cm³/mol. The van der Waals surface area contributed by atoms with Crippen LogP contribution in [0.4, 0.5) is 4.39 Å². The maximum Gasteiger partial charge on any atom is 0.237 e. The minimum atomic E-state index is -0.301. The molecule has 0 fully saturated rings. The Labute approximate surface area is 146 Å². The van der Waals surface area contributed by atoms with E-state index in [1.807, 2.05) is 18.2 Å². The largest absolute Gasteiger partial charge is 0.497 e. The monoisotopic (exact) mass is 356 g/mol. The molecule has 4 aromatic rings. The predicted octanol–water partition coefficient (Wildman–Crippen LogP) is 4.05. The second-order valence-corrected chi connectivity index (χ2v) is 6.20. The molecule has 0 spiro atoms. The lowest BCUT2D eigenvalue weighted by Gasteiger charge is -1.96. The number of hydrogen-bond acceptors (Lipinski definition) is 6. The quantitative estimate of drug-likeness (QED) is 0.544. The molecule has 2 aromatic heterocycles. The third-order valence-corrected chi connectivity index (χ3v) is 4.43. The number of halogens is 1. The molecule has 0 saturated carbocycles. The van der Waals surface area contributed by atoms with Crippen LogP contribution in [-0.2, 0) is 5.75 Å². The second-order valence-electron chi connectivity index (χ2n) is 5.23. The molecule has 4 rings (SSSR count). The highest BCUT2D eigenvalue weighted by Gasteiger charge is 2.11.